The zero-order valence-electron chi connectivity index (χ0n) is 25.9. The summed E-state index contributed by atoms with van der Waals surface area (Å²) in [6.45, 7) is 4.07. The van der Waals surface area contributed by atoms with Crippen molar-refractivity contribution in [2.75, 3.05) is 13.1 Å². The number of carbonyl (C=O) groups is 4. The molecule has 10 nitrogen and oxygen atoms in total. The number of nitrogens with one attached hydrogen (secondary N) is 1. The van der Waals surface area contributed by atoms with E-state index < -0.39 is 29.8 Å². The SMILES string of the molecule is CC(C)CCN(C(=O)OCc1ccccc1)C(=O)N(CCCc1ccccc1)C(=O)c1nc(C(=O)NCc2cccc(Cl)c2)co1. The van der Waals surface area contributed by atoms with E-state index in [9.17, 15) is 19.2 Å². The van der Waals surface area contributed by atoms with E-state index in [-0.39, 0.29) is 37.9 Å². The summed E-state index contributed by atoms with van der Waals surface area (Å²) in [7, 11) is 0. The summed E-state index contributed by atoms with van der Waals surface area (Å²) < 4.78 is 10.9. The Morgan fingerprint density at radius 2 is 1.54 bits per heavy atom. The third kappa shape index (κ3) is 10.0. The van der Waals surface area contributed by atoms with Crippen LogP contribution in [0.15, 0.2) is 95.6 Å². The van der Waals surface area contributed by atoms with Crippen LogP contribution < -0.4 is 5.32 Å². The van der Waals surface area contributed by atoms with Gasteiger partial charge in [-0.25, -0.2) is 14.5 Å². The number of oxazole rings is 1. The number of halogens is 1. The first-order chi connectivity index (χ1) is 22.2. The fourth-order valence-corrected chi connectivity index (χ4v) is 4.69. The zero-order chi connectivity index (χ0) is 32.9. The van der Waals surface area contributed by atoms with Crippen molar-refractivity contribution >= 4 is 35.5 Å². The molecule has 0 aliphatic rings. The predicted molar refractivity (Wildman–Crippen MR) is 173 cm³/mol. The third-order valence-corrected chi connectivity index (χ3v) is 7.25. The molecule has 46 heavy (non-hydrogen) atoms. The summed E-state index contributed by atoms with van der Waals surface area (Å²) in [4.78, 5) is 59.7. The number of aryl methyl sites for hydroxylation is 1. The molecule has 0 aliphatic heterocycles. The molecule has 5 amide bonds. The van der Waals surface area contributed by atoms with Gasteiger partial charge in [-0.15, -0.1) is 0 Å². The molecule has 3 aromatic carbocycles. The molecule has 240 valence electrons. The first-order valence-corrected chi connectivity index (χ1v) is 15.4. The van der Waals surface area contributed by atoms with E-state index in [1.54, 1.807) is 36.4 Å². The van der Waals surface area contributed by atoms with Crippen LogP contribution in [0, 0.1) is 5.92 Å². The fraction of sp³-hybridized carbons (Fsp3) is 0.286. The monoisotopic (exact) mass is 644 g/mol. The fourth-order valence-electron chi connectivity index (χ4n) is 4.48. The lowest BCUT2D eigenvalue weighted by molar-refractivity contribution is 0.0677. The van der Waals surface area contributed by atoms with E-state index in [4.69, 9.17) is 20.8 Å². The van der Waals surface area contributed by atoms with Crippen molar-refractivity contribution in [1.82, 2.24) is 20.1 Å². The van der Waals surface area contributed by atoms with Gasteiger partial charge < -0.3 is 14.5 Å². The van der Waals surface area contributed by atoms with Crippen LogP contribution in [0.4, 0.5) is 9.59 Å². The smallest absolute Gasteiger partial charge is 0.418 e. The first-order valence-electron chi connectivity index (χ1n) is 15.1. The number of ether oxygens (including phenoxy) is 1. The second kappa shape index (κ2) is 16.9. The number of benzene rings is 3. The van der Waals surface area contributed by atoms with Gasteiger partial charge in [-0.05, 0) is 54.0 Å². The Kier molecular flexibility index (Phi) is 12.5. The second-order valence-corrected chi connectivity index (χ2v) is 11.5. The van der Waals surface area contributed by atoms with Crippen molar-refractivity contribution in [1.29, 1.82) is 0 Å². The van der Waals surface area contributed by atoms with E-state index in [1.807, 2.05) is 62.4 Å². The Hall–Kier alpha value is -4.96. The number of hydrogen-bond acceptors (Lipinski definition) is 7. The lowest BCUT2D eigenvalue weighted by Crippen LogP contribution is -2.50. The minimum absolute atomic E-state index is 0.0324. The highest BCUT2D eigenvalue weighted by atomic mass is 35.5. The van der Waals surface area contributed by atoms with E-state index in [0.717, 1.165) is 32.8 Å². The maximum atomic E-state index is 14.0. The topological polar surface area (TPSA) is 122 Å². The summed E-state index contributed by atoms with van der Waals surface area (Å²) in [6, 6.07) is 24.9. The summed E-state index contributed by atoms with van der Waals surface area (Å²) in [5, 5.41) is 3.24. The highest BCUT2D eigenvalue weighted by molar-refractivity contribution is 6.30. The van der Waals surface area contributed by atoms with Crippen LogP contribution in [0.25, 0.3) is 0 Å². The molecule has 0 saturated heterocycles. The molecule has 1 heterocycles. The van der Waals surface area contributed by atoms with E-state index >= 15 is 0 Å². The minimum atomic E-state index is -0.877. The number of urea groups is 1. The van der Waals surface area contributed by atoms with Gasteiger partial charge >= 0.3 is 18.0 Å². The number of rotatable bonds is 13. The Labute approximate surface area is 273 Å². The molecule has 0 fully saturated rings. The lowest BCUT2D eigenvalue weighted by Gasteiger charge is -2.27. The minimum Gasteiger partial charge on any atom is -0.444 e. The Morgan fingerprint density at radius 1 is 0.870 bits per heavy atom. The molecule has 0 saturated carbocycles. The molecule has 0 radical (unpaired) electrons. The van der Waals surface area contributed by atoms with Gasteiger partial charge in [-0.1, -0.05) is 98.2 Å². The highest BCUT2D eigenvalue weighted by Gasteiger charge is 2.34. The quantitative estimate of drug-likeness (QED) is 0.164. The second-order valence-electron chi connectivity index (χ2n) is 11.1. The van der Waals surface area contributed by atoms with Gasteiger partial charge in [0, 0.05) is 24.7 Å². The van der Waals surface area contributed by atoms with Crippen molar-refractivity contribution in [3.05, 3.63) is 124 Å². The average molecular weight is 645 g/mol. The normalized spacial score (nSPS) is 10.8. The highest BCUT2D eigenvalue weighted by Crippen LogP contribution is 2.16. The number of carbonyl (C=O) groups excluding carboxylic acids is 4. The molecule has 1 aromatic heterocycles. The van der Waals surface area contributed by atoms with Crippen molar-refractivity contribution in [3.8, 4) is 0 Å². The van der Waals surface area contributed by atoms with Crippen LogP contribution in [0.5, 0.6) is 0 Å². The predicted octanol–water partition coefficient (Wildman–Crippen LogP) is 7.14. The first kappa shape index (κ1) is 33.9. The molecular formula is C35H37ClN4O6. The summed E-state index contributed by atoms with van der Waals surface area (Å²) in [5.74, 6) is -1.74. The Bertz CT molecular complexity index is 1610. The van der Waals surface area contributed by atoms with E-state index in [2.05, 4.69) is 10.3 Å². The maximum absolute atomic E-state index is 14.0. The van der Waals surface area contributed by atoms with Gasteiger partial charge in [0.05, 0.1) is 0 Å². The van der Waals surface area contributed by atoms with Gasteiger partial charge in [0.1, 0.15) is 12.9 Å². The van der Waals surface area contributed by atoms with Crippen LogP contribution >= 0.6 is 11.6 Å². The standard InChI is InChI=1S/C35H37ClN4O6/c1-25(2)18-20-40(35(44)46-23-27-13-7-4-8-14-27)34(43)39(19-10-16-26-11-5-3-6-12-26)33(42)32-38-30(24-45-32)31(41)37-22-28-15-9-17-29(36)21-28/h3-9,11-15,17,21,24-25H,10,16,18-20,22-23H2,1-2H3,(H,37,41). The van der Waals surface area contributed by atoms with Gasteiger partial charge in [0.15, 0.2) is 5.69 Å². The molecule has 1 N–H and O–H groups in total. The van der Waals surface area contributed by atoms with Gasteiger partial charge in [-0.3, -0.25) is 14.5 Å². The van der Waals surface area contributed by atoms with Gasteiger partial charge in [0.2, 0.25) is 0 Å². The number of hydrogen-bond donors (Lipinski definition) is 1. The molecule has 0 spiro atoms. The number of imide groups is 2. The van der Waals surface area contributed by atoms with Crippen molar-refractivity contribution < 1.29 is 28.3 Å². The van der Waals surface area contributed by atoms with Gasteiger partial charge in [0.25, 0.3) is 11.8 Å². The van der Waals surface area contributed by atoms with Crippen LogP contribution in [0.3, 0.4) is 0 Å². The Morgan fingerprint density at radius 3 is 2.22 bits per heavy atom. The van der Waals surface area contributed by atoms with Crippen molar-refractivity contribution in [2.45, 2.75) is 46.3 Å². The van der Waals surface area contributed by atoms with Crippen molar-refractivity contribution in [3.63, 3.8) is 0 Å². The van der Waals surface area contributed by atoms with E-state index in [1.165, 1.54) is 0 Å². The van der Waals surface area contributed by atoms with Crippen LogP contribution in [-0.4, -0.2) is 51.8 Å². The average Bonchev–Trinajstić information content (AvgIpc) is 3.56. The number of amides is 5. The molecule has 0 atom stereocenters. The van der Waals surface area contributed by atoms with Crippen LogP contribution in [0.2, 0.25) is 5.02 Å². The van der Waals surface area contributed by atoms with Crippen molar-refractivity contribution in [2.24, 2.45) is 5.92 Å². The molecule has 0 aliphatic carbocycles. The molecule has 11 heteroatoms. The molecular weight excluding hydrogens is 608 g/mol. The maximum Gasteiger partial charge on any atom is 0.418 e. The number of nitrogens with zero attached hydrogens (tertiary/aromatic N) is 3. The van der Waals surface area contributed by atoms with Crippen LogP contribution in [-0.2, 0) is 24.3 Å². The van der Waals surface area contributed by atoms with Crippen LogP contribution in [0.1, 0.15) is 64.6 Å². The lowest BCUT2D eigenvalue weighted by atomic mass is 10.1. The molecule has 0 bridgehead atoms. The van der Waals surface area contributed by atoms with E-state index in [0.29, 0.717) is 24.3 Å². The summed E-state index contributed by atoms with van der Waals surface area (Å²) in [5.41, 5.74) is 2.41. The zero-order valence-corrected chi connectivity index (χ0v) is 26.6. The third-order valence-electron chi connectivity index (χ3n) is 7.01. The summed E-state index contributed by atoms with van der Waals surface area (Å²) in [6.07, 6.45) is 1.66. The summed E-state index contributed by atoms with van der Waals surface area (Å²) >= 11 is 6.02. The van der Waals surface area contributed by atoms with Gasteiger partial charge in [-0.2, -0.15) is 4.98 Å². The molecule has 0 unspecified atom stereocenters. The number of aromatic nitrogens is 1. The Balaban J connectivity index is 1.52. The molecule has 4 rings (SSSR count). The largest absolute Gasteiger partial charge is 0.444 e. The molecule has 4 aromatic rings.